The average molecular weight is 369 g/mol. The van der Waals surface area contributed by atoms with E-state index in [1.54, 1.807) is 38.1 Å². The Labute approximate surface area is 148 Å². The largest absolute Gasteiger partial charge is 0.480 e. The third kappa shape index (κ3) is 2.75. The van der Waals surface area contributed by atoms with Gasteiger partial charge in [0.1, 0.15) is 17.5 Å². The first-order chi connectivity index (χ1) is 11.2. The zero-order valence-electron chi connectivity index (χ0n) is 13.2. The summed E-state index contributed by atoms with van der Waals surface area (Å²) >= 11 is 7.44. The number of nitrogens with zero attached hydrogens (tertiary/aromatic N) is 1. The number of carboxylic acids is 1. The van der Waals surface area contributed by atoms with Crippen LogP contribution in [0.2, 0.25) is 5.02 Å². The predicted molar refractivity (Wildman–Crippen MR) is 90.8 cm³/mol. The molecule has 2 fully saturated rings. The van der Waals surface area contributed by atoms with Gasteiger partial charge in [-0.15, -0.1) is 11.8 Å². The fraction of sp³-hybridized carbons (Fsp3) is 0.438. The number of hydrogen-bond acceptors (Lipinski definition) is 4. The number of carbonyl (C=O) groups excluding carboxylic acids is 2. The van der Waals surface area contributed by atoms with E-state index in [2.05, 4.69) is 5.32 Å². The molecule has 2 saturated heterocycles. The summed E-state index contributed by atoms with van der Waals surface area (Å²) in [5, 5.41) is 12.2. The van der Waals surface area contributed by atoms with Crippen molar-refractivity contribution in [3.63, 3.8) is 0 Å². The number of benzene rings is 1. The van der Waals surface area contributed by atoms with Crippen LogP contribution in [0.5, 0.6) is 0 Å². The van der Waals surface area contributed by atoms with Crippen LogP contribution in [0.25, 0.3) is 0 Å². The normalized spacial score (nSPS) is 27.4. The molecular weight excluding hydrogens is 352 g/mol. The van der Waals surface area contributed by atoms with E-state index in [1.807, 2.05) is 0 Å². The molecule has 6 nitrogen and oxygen atoms in total. The molecule has 3 rings (SSSR count). The lowest BCUT2D eigenvalue weighted by molar-refractivity contribution is -0.161. The van der Waals surface area contributed by atoms with Gasteiger partial charge in [0.05, 0.1) is 6.42 Å². The van der Waals surface area contributed by atoms with Crippen LogP contribution in [-0.2, 0) is 20.8 Å². The summed E-state index contributed by atoms with van der Waals surface area (Å²) in [6, 6.07) is 5.46. The highest BCUT2D eigenvalue weighted by Crippen LogP contribution is 2.50. The Hall–Kier alpha value is -1.73. The van der Waals surface area contributed by atoms with E-state index in [0.717, 1.165) is 0 Å². The number of β-lactam (4-membered cyclic amide) rings is 1. The van der Waals surface area contributed by atoms with Gasteiger partial charge >= 0.3 is 5.97 Å². The standard InChI is InChI=1S/C16H17ClN2O4S/c1-16(2)12(15(22)23)19-13(21)11(14(19)24-16)18-10(20)7-8-5-3-4-6-9(8)17/h3-6,11-12,14H,7H2,1-2H3,(H,18,20)(H,22,23)/t11-,12+,14-/m1/s1. The summed E-state index contributed by atoms with van der Waals surface area (Å²) in [7, 11) is 0. The van der Waals surface area contributed by atoms with Crippen LogP contribution >= 0.6 is 23.4 Å². The first-order valence-corrected chi connectivity index (χ1v) is 8.73. The molecular formula is C16H17ClN2O4S. The lowest BCUT2D eigenvalue weighted by Crippen LogP contribution is -2.70. The van der Waals surface area contributed by atoms with Crippen LogP contribution in [0.15, 0.2) is 24.3 Å². The molecule has 8 heteroatoms. The highest BCUT2D eigenvalue weighted by Gasteiger charge is 2.64. The Kier molecular flexibility index (Phi) is 4.25. The van der Waals surface area contributed by atoms with Gasteiger partial charge in [0.2, 0.25) is 11.8 Å². The average Bonchev–Trinajstić information content (AvgIpc) is 2.76. The topological polar surface area (TPSA) is 86.7 Å². The second kappa shape index (κ2) is 5.97. The Bertz CT molecular complexity index is 724. The second-order valence-corrected chi connectivity index (χ2v) is 8.59. The Balaban J connectivity index is 1.68. The number of amides is 2. The highest BCUT2D eigenvalue weighted by molar-refractivity contribution is 8.01. The van der Waals surface area contributed by atoms with Gasteiger partial charge in [-0.1, -0.05) is 29.8 Å². The maximum Gasteiger partial charge on any atom is 0.327 e. The van der Waals surface area contributed by atoms with Gasteiger partial charge in [0.15, 0.2) is 0 Å². The molecule has 0 bridgehead atoms. The number of hydrogen-bond donors (Lipinski definition) is 2. The lowest BCUT2D eigenvalue weighted by Gasteiger charge is -2.43. The lowest BCUT2D eigenvalue weighted by atomic mass is 9.96. The molecule has 0 spiro atoms. The third-order valence-corrected chi connectivity index (χ3v) is 6.24. The molecule has 24 heavy (non-hydrogen) atoms. The number of aliphatic carboxylic acids is 1. The molecule has 0 aromatic heterocycles. The summed E-state index contributed by atoms with van der Waals surface area (Å²) in [5.41, 5.74) is 0.683. The minimum absolute atomic E-state index is 0.0760. The number of halogens is 1. The SMILES string of the molecule is CC1(C)S[C@@H]2[C@H](NC(=O)Cc3ccccc3Cl)C(=O)N2[C@H]1C(=O)O. The molecule has 0 saturated carbocycles. The van der Waals surface area contributed by atoms with Gasteiger partial charge in [-0.2, -0.15) is 0 Å². The highest BCUT2D eigenvalue weighted by atomic mass is 35.5. The van der Waals surface area contributed by atoms with Crippen LogP contribution in [0, 0.1) is 0 Å². The van der Waals surface area contributed by atoms with Crippen LogP contribution in [0.1, 0.15) is 19.4 Å². The maximum absolute atomic E-state index is 12.3. The van der Waals surface area contributed by atoms with Gasteiger partial charge in [-0.3, -0.25) is 9.59 Å². The van der Waals surface area contributed by atoms with Crippen molar-refractivity contribution in [3.8, 4) is 0 Å². The van der Waals surface area contributed by atoms with E-state index in [1.165, 1.54) is 16.7 Å². The molecule has 0 radical (unpaired) electrons. The number of thioether (sulfide) groups is 1. The molecule has 128 valence electrons. The first-order valence-electron chi connectivity index (χ1n) is 7.48. The zero-order valence-corrected chi connectivity index (χ0v) is 14.7. The monoisotopic (exact) mass is 368 g/mol. The van der Waals surface area contributed by atoms with Crippen LogP contribution < -0.4 is 5.32 Å². The maximum atomic E-state index is 12.3. The number of rotatable bonds is 4. The molecule has 3 atom stereocenters. The molecule has 2 aliphatic rings. The first kappa shape index (κ1) is 17.1. The van der Waals surface area contributed by atoms with Crippen molar-refractivity contribution in [2.24, 2.45) is 0 Å². The Morgan fingerprint density at radius 3 is 2.67 bits per heavy atom. The number of nitrogens with one attached hydrogen (secondary N) is 1. The van der Waals surface area contributed by atoms with Crippen molar-refractivity contribution in [2.75, 3.05) is 0 Å². The van der Waals surface area contributed by atoms with Crippen molar-refractivity contribution in [1.82, 2.24) is 10.2 Å². The van der Waals surface area contributed by atoms with Gasteiger partial charge in [-0.25, -0.2) is 4.79 Å². The number of carbonyl (C=O) groups is 3. The van der Waals surface area contributed by atoms with Crippen LogP contribution in [-0.4, -0.2) is 50.0 Å². The molecule has 1 aromatic carbocycles. The third-order valence-electron chi connectivity index (χ3n) is 4.30. The van der Waals surface area contributed by atoms with E-state index >= 15 is 0 Å². The summed E-state index contributed by atoms with van der Waals surface area (Å²) in [6.07, 6.45) is 0.0760. The van der Waals surface area contributed by atoms with Crippen LogP contribution in [0.3, 0.4) is 0 Å². The minimum Gasteiger partial charge on any atom is -0.480 e. The summed E-state index contributed by atoms with van der Waals surface area (Å²) in [5.74, 6) is -1.68. The molecule has 2 aliphatic heterocycles. The fourth-order valence-electron chi connectivity index (χ4n) is 3.18. The minimum atomic E-state index is -1.02. The van der Waals surface area contributed by atoms with Gasteiger partial charge in [-0.05, 0) is 25.5 Å². The molecule has 0 aliphatic carbocycles. The van der Waals surface area contributed by atoms with E-state index in [0.29, 0.717) is 10.6 Å². The van der Waals surface area contributed by atoms with Crippen molar-refractivity contribution in [3.05, 3.63) is 34.9 Å². The summed E-state index contributed by atoms with van der Waals surface area (Å²) < 4.78 is -0.603. The fourth-order valence-corrected chi connectivity index (χ4v) is 5.01. The predicted octanol–water partition coefficient (Wildman–Crippen LogP) is 1.51. The van der Waals surface area contributed by atoms with Crippen molar-refractivity contribution in [2.45, 2.75) is 42.5 Å². The Morgan fingerprint density at radius 2 is 2.04 bits per heavy atom. The second-order valence-electron chi connectivity index (χ2n) is 6.41. The van der Waals surface area contributed by atoms with E-state index in [9.17, 15) is 19.5 Å². The van der Waals surface area contributed by atoms with Crippen LogP contribution in [0.4, 0.5) is 0 Å². The summed E-state index contributed by atoms with van der Waals surface area (Å²) in [4.78, 5) is 37.3. The van der Waals surface area contributed by atoms with E-state index in [-0.39, 0.29) is 23.6 Å². The smallest absolute Gasteiger partial charge is 0.327 e. The zero-order chi connectivity index (χ0) is 17.6. The van der Waals surface area contributed by atoms with Crippen molar-refractivity contribution < 1.29 is 19.5 Å². The van der Waals surface area contributed by atoms with Gasteiger partial charge < -0.3 is 15.3 Å². The molecule has 2 N–H and O–H groups in total. The van der Waals surface area contributed by atoms with Crippen molar-refractivity contribution in [1.29, 1.82) is 0 Å². The molecule has 2 amide bonds. The molecule has 0 unspecified atom stereocenters. The van der Waals surface area contributed by atoms with Gasteiger partial charge in [0.25, 0.3) is 0 Å². The number of fused-ring (bicyclic) bond motifs is 1. The molecule has 1 aromatic rings. The van der Waals surface area contributed by atoms with Crippen molar-refractivity contribution >= 4 is 41.1 Å². The Morgan fingerprint density at radius 1 is 1.38 bits per heavy atom. The van der Waals surface area contributed by atoms with E-state index < -0.39 is 22.8 Å². The molecule has 2 heterocycles. The summed E-state index contributed by atoms with van der Waals surface area (Å²) in [6.45, 7) is 3.59. The van der Waals surface area contributed by atoms with Gasteiger partial charge in [0, 0.05) is 9.77 Å². The quantitative estimate of drug-likeness (QED) is 0.787. The number of carboxylic acid groups (broad SMARTS) is 1. The van der Waals surface area contributed by atoms with E-state index in [4.69, 9.17) is 11.6 Å².